The summed E-state index contributed by atoms with van der Waals surface area (Å²) in [4.78, 5) is 10.3. The minimum atomic E-state index is 0.866. The summed E-state index contributed by atoms with van der Waals surface area (Å²) >= 11 is 0. The zero-order valence-electron chi connectivity index (χ0n) is 18.8. The van der Waals surface area contributed by atoms with Crippen molar-refractivity contribution in [3.05, 3.63) is 121 Å². The van der Waals surface area contributed by atoms with E-state index in [2.05, 4.69) is 54.6 Å². The molecule has 0 fully saturated rings. The van der Waals surface area contributed by atoms with Gasteiger partial charge in [0, 0.05) is 27.5 Å². The fraction of sp³-hybridized carbons (Fsp3) is 0. The zero-order chi connectivity index (χ0) is 23.2. The molecule has 0 spiro atoms. The molecule has 35 heavy (non-hydrogen) atoms. The zero-order valence-corrected chi connectivity index (χ0v) is 18.8. The summed E-state index contributed by atoms with van der Waals surface area (Å²) in [5, 5.41) is 2.25. The SMILES string of the molecule is c1ccc(-c2nc3cccc(-c4ccc5c(c4)oc4ccccc45)c3nc2-c2ccccc2)cc1. The van der Waals surface area contributed by atoms with Crippen LogP contribution < -0.4 is 0 Å². The van der Waals surface area contributed by atoms with Crippen LogP contribution in [0.5, 0.6) is 0 Å². The number of furan rings is 1. The molecule has 0 aliphatic carbocycles. The van der Waals surface area contributed by atoms with Gasteiger partial charge >= 0.3 is 0 Å². The van der Waals surface area contributed by atoms with Gasteiger partial charge in [-0.2, -0.15) is 0 Å². The summed E-state index contributed by atoms with van der Waals surface area (Å²) in [5.74, 6) is 0. The molecule has 0 unspecified atom stereocenters. The van der Waals surface area contributed by atoms with Crippen LogP contribution in [0.2, 0.25) is 0 Å². The van der Waals surface area contributed by atoms with Crippen LogP contribution in [0.15, 0.2) is 126 Å². The molecule has 7 rings (SSSR count). The minimum absolute atomic E-state index is 0.866. The van der Waals surface area contributed by atoms with Gasteiger partial charge in [-0.1, -0.05) is 97.1 Å². The van der Waals surface area contributed by atoms with Crippen molar-refractivity contribution in [3.8, 4) is 33.6 Å². The van der Waals surface area contributed by atoms with Crippen LogP contribution in [-0.2, 0) is 0 Å². The van der Waals surface area contributed by atoms with E-state index in [1.807, 2.05) is 66.7 Å². The molecule has 0 atom stereocenters. The summed E-state index contributed by atoms with van der Waals surface area (Å²) in [6, 6.07) is 41.3. The number of nitrogens with zero attached hydrogens (tertiary/aromatic N) is 2. The fourth-order valence-electron chi connectivity index (χ4n) is 4.80. The number of fused-ring (bicyclic) bond motifs is 4. The highest BCUT2D eigenvalue weighted by Crippen LogP contribution is 2.36. The number of aromatic nitrogens is 2. The lowest BCUT2D eigenvalue weighted by Gasteiger charge is -2.13. The second-order valence-electron chi connectivity index (χ2n) is 8.64. The molecule has 0 bridgehead atoms. The minimum Gasteiger partial charge on any atom is -0.456 e. The predicted molar refractivity (Wildman–Crippen MR) is 143 cm³/mol. The van der Waals surface area contributed by atoms with Crippen molar-refractivity contribution in [1.29, 1.82) is 0 Å². The summed E-state index contributed by atoms with van der Waals surface area (Å²) in [7, 11) is 0. The van der Waals surface area contributed by atoms with Crippen LogP contribution >= 0.6 is 0 Å². The lowest BCUT2D eigenvalue weighted by Crippen LogP contribution is -1.97. The van der Waals surface area contributed by atoms with E-state index in [0.29, 0.717) is 0 Å². The highest BCUT2D eigenvalue weighted by atomic mass is 16.3. The van der Waals surface area contributed by atoms with Gasteiger partial charge < -0.3 is 4.42 Å². The Morgan fingerprint density at radius 3 is 1.89 bits per heavy atom. The lowest BCUT2D eigenvalue weighted by molar-refractivity contribution is 0.669. The first-order valence-corrected chi connectivity index (χ1v) is 11.7. The summed E-state index contributed by atoms with van der Waals surface area (Å²) < 4.78 is 6.16. The first-order valence-electron chi connectivity index (χ1n) is 11.7. The topological polar surface area (TPSA) is 38.9 Å². The second-order valence-corrected chi connectivity index (χ2v) is 8.64. The van der Waals surface area contributed by atoms with Gasteiger partial charge in [0.1, 0.15) is 11.2 Å². The summed E-state index contributed by atoms with van der Waals surface area (Å²) in [5.41, 5.74) is 9.47. The predicted octanol–water partition coefficient (Wildman–Crippen LogP) is 8.53. The van der Waals surface area contributed by atoms with Crippen LogP contribution in [-0.4, -0.2) is 9.97 Å². The van der Waals surface area contributed by atoms with Crippen LogP contribution in [0.3, 0.4) is 0 Å². The smallest absolute Gasteiger partial charge is 0.136 e. The monoisotopic (exact) mass is 448 g/mol. The van der Waals surface area contributed by atoms with E-state index in [0.717, 1.165) is 66.6 Å². The van der Waals surface area contributed by atoms with E-state index >= 15 is 0 Å². The second kappa shape index (κ2) is 7.93. The molecule has 5 aromatic carbocycles. The third kappa shape index (κ3) is 3.29. The molecule has 0 saturated carbocycles. The molecule has 0 aliphatic rings. The third-order valence-corrected chi connectivity index (χ3v) is 6.48. The number of hydrogen-bond donors (Lipinski definition) is 0. The highest BCUT2D eigenvalue weighted by molar-refractivity contribution is 6.06. The molecule has 0 amide bonds. The maximum atomic E-state index is 6.16. The van der Waals surface area contributed by atoms with E-state index in [-0.39, 0.29) is 0 Å². The number of para-hydroxylation sites is 2. The molecule has 0 radical (unpaired) electrons. The maximum absolute atomic E-state index is 6.16. The van der Waals surface area contributed by atoms with Gasteiger partial charge in [0.15, 0.2) is 0 Å². The number of benzene rings is 5. The molecule has 2 aromatic heterocycles. The van der Waals surface area contributed by atoms with Crippen molar-refractivity contribution in [2.75, 3.05) is 0 Å². The van der Waals surface area contributed by atoms with E-state index in [4.69, 9.17) is 14.4 Å². The van der Waals surface area contributed by atoms with Gasteiger partial charge in [-0.25, -0.2) is 9.97 Å². The van der Waals surface area contributed by atoms with Gasteiger partial charge in [0.25, 0.3) is 0 Å². The Hall–Kier alpha value is -4.76. The Morgan fingerprint density at radius 2 is 1.11 bits per heavy atom. The van der Waals surface area contributed by atoms with E-state index in [1.165, 1.54) is 0 Å². The van der Waals surface area contributed by atoms with Crippen LogP contribution in [0.1, 0.15) is 0 Å². The molecule has 3 nitrogen and oxygen atoms in total. The molecule has 164 valence electrons. The van der Waals surface area contributed by atoms with Crippen molar-refractivity contribution < 1.29 is 4.42 Å². The lowest BCUT2D eigenvalue weighted by atomic mass is 10.00. The van der Waals surface area contributed by atoms with Gasteiger partial charge in [0.2, 0.25) is 0 Å². The Balaban J connectivity index is 1.48. The van der Waals surface area contributed by atoms with E-state index in [1.54, 1.807) is 0 Å². The van der Waals surface area contributed by atoms with E-state index in [9.17, 15) is 0 Å². The fourth-order valence-corrected chi connectivity index (χ4v) is 4.80. The Bertz CT molecular complexity index is 1840. The largest absolute Gasteiger partial charge is 0.456 e. The molecular formula is C32H20N2O. The normalized spacial score (nSPS) is 11.4. The molecule has 2 heterocycles. The molecule has 0 aliphatic heterocycles. The molecule has 3 heteroatoms. The van der Waals surface area contributed by atoms with Gasteiger partial charge in [-0.3, -0.25) is 0 Å². The third-order valence-electron chi connectivity index (χ3n) is 6.48. The summed E-state index contributed by atoms with van der Waals surface area (Å²) in [6.45, 7) is 0. The van der Waals surface area contributed by atoms with Gasteiger partial charge in [-0.05, 0) is 29.8 Å². The number of rotatable bonds is 3. The first kappa shape index (κ1) is 19.7. The quantitative estimate of drug-likeness (QED) is 0.272. The first-order chi connectivity index (χ1) is 17.3. The van der Waals surface area contributed by atoms with Gasteiger partial charge in [-0.15, -0.1) is 0 Å². The van der Waals surface area contributed by atoms with E-state index < -0.39 is 0 Å². The van der Waals surface area contributed by atoms with Crippen molar-refractivity contribution in [2.24, 2.45) is 0 Å². The molecular weight excluding hydrogens is 428 g/mol. The Labute approximate surface area is 202 Å². The highest BCUT2D eigenvalue weighted by Gasteiger charge is 2.16. The van der Waals surface area contributed by atoms with Crippen LogP contribution in [0, 0.1) is 0 Å². The maximum Gasteiger partial charge on any atom is 0.136 e. The van der Waals surface area contributed by atoms with Crippen molar-refractivity contribution in [2.45, 2.75) is 0 Å². The standard InChI is InChI=1S/C32H20N2O/c1-3-10-21(11-4-1)30-31(22-12-5-2-6-13-22)34-32-24(15-9-16-27(32)33-30)23-18-19-26-25-14-7-8-17-28(25)35-29(26)20-23/h1-20H. The molecule has 0 saturated heterocycles. The van der Waals surface area contributed by atoms with Crippen LogP contribution in [0.4, 0.5) is 0 Å². The van der Waals surface area contributed by atoms with Crippen LogP contribution in [0.25, 0.3) is 66.6 Å². The van der Waals surface area contributed by atoms with Crippen molar-refractivity contribution in [1.82, 2.24) is 9.97 Å². The van der Waals surface area contributed by atoms with Crippen molar-refractivity contribution >= 4 is 33.0 Å². The van der Waals surface area contributed by atoms with Crippen molar-refractivity contribution in [3.63, 3.8) is 0 Å². The molecule has 7 aromatic rings. The number of hydrogen-bond acceptors (Lipinski definition) is 3. The van der Waals surface area contributed by atoms with Gasteiger partial charge in [0.05, 0.1) is 22.4 Å². The Kier molecular flexibility index (Phi) is 4.46. The average molecular weight is 449 g/mol. The average Bonchev–Trinajstić information content (AvgIpc) is 3.31. The Morgan fingerprint density at radius 1 is 0.457 bits per heavy atom. The molecule has 0 N–H and O–H groups in total. The summed E-state index contributed by atoms with van der Waals surface area (Å²) in [6.07, 6.45) is 0.